The van der Waals surface area contributed by atoms with Crippen LogP contribution in [0.5, 0.6) is 0 Å². The second-order valence-electron chi connectivity index (χ2n) is 3.91. The van der Waals surface area contributed by atoms with Crippen LogP contribution >= 0.6 is 12.2 Å². The number of hydrazone groups is 1. The first-order chi connectivity index (χ1) is 8.56. The molecule has 5 nitrogen and oxygen atoms in total. The molecule has 6 heteroatoms. The number of anilines is 1. The van der Waals surface area contributed by atoms with E-state index in [9.17, 15) is 4.79 Å². The summed E-state index contributed by atoms with van der Waals surface area (Å²) in [5.41, 5.74) is 2.11. The third-order valence-corrected chi connectivity index (χ3v) is 3.25. The summed E-state index contributed by atoms with van der Waals surface area (Å²) < 4.78 is 0. The number of nitrogens with zero attached hydrogens (tertiary/aromatic N) is 3. The molecule has 1 aliphatic rings. The predicted octanol–water partition coefficient (Wildman–Crippen LogP) is 0.803. The van der Waals surface area contributed by atoms with Crippen molar-refractivity contribution in [1.29, 1.82) is 0 Å². The van der Waals surface area contributed by atoms with E-state index in [1.807, 2.05) is 24.3 Å². The predicted molar refractivity (Wildman–Crippen MR) is 75.8 cm³/mol. The molecule has 0 radical (unpaired) electrons. The molecule has 0 bridgehead atoms. The lowest BCUT2D eigenvalue weighted by Crippen LogP contribution is -2.33. The van der Waals surface area contributed by atoms with Crippen LogP contribution in [0.1, 0.15) is 5.56 Å². The SMILES string of the molecule is CNC(=S)N(C)/N=C1\C(=O)N(C)c2ccccc21. The Morgan fingerprint density at radius 3 is 2.78 bits per heavy atom. The molecular weight excluding hydrogens is 248 g/mol. The number of thiocarbonyl (C=S) groups is 1. The average Bonchev–Trinajstić information content (AvgIpc) is 2.63. The molecule has 0 aromatic heterocycles. The maximum atomic E-state index is 12.1. The van der Waals surface area contributed by atoms with Crippen LogP contribution < -0.4 is 10.2 Å². The van der Waals surface area contributed by atoms with E-state index in [1.54, 1.807) is 26.0 Å². The molecule has 1 aromatic carbocycles. The number of nitrogens with one attached hydrogen (secondary N) is 1. The number of benzene rings is 1. The summed E-state index contributed by atoms with van der Waals surface area (Å²) in [6.07, 6.45) is 0. The molecule has 1 aromatic rings. The summed E-state index contributed by atoms with van der Waals surface area (Å²) in [4.78, 5) is 13.7. The van der Waals surface area contributed by atoms with E-state index in [-0.39, 0.29) is 5.91 Å². The second kappa shape index (κ2) is 4.73. The van der Waals surface area contributed by atoms with Gasteiger partial charge in [0.25, 0.3) is 5.91 Å². The first-order valence-corrected chi connectivity index (χ1v) is 5.88. The Bertz CT molecular complexity index is 541. The smallest absolute Gasteiger partial charge is 0.279 e. The van der Waals surface area contributed by atoms with Gasteiger partial charge in [-0.3, -0.25) is 4.79 Å². The summed E-state index contributed by atoms with van der Waals surface area (Å²) >= 11 is 5.06. The molecule has 0 fully saturated rings. The van der Waals surface area contributed by atoms with Crippen molar-refractivity contribution in [1.82, 2.24) is 10.3 Å². The van der Waals surface area contributed by atoms with Gasteiger partial charge in [-0.05, 0) is 18.3 Å². The molecule has 0 aliphatic carbocycles. The van der Waals surface area contributed by atoms with E-state index in [1.165, 1.54) is 5.01 Å². The minimum absolute atomic E-state index is 0.123. The zero-order valence-electron chi connectivity index (χ0n) is 10.5. The largest absolute Gasteiger partial charge is 0.364 e. The Hall–Kier alpha value is -1.95. The van der Waals surface area contributed by atoms with E-state index in [2.05, 4.69) is 10.4 Å². The first-order valence-electron chi connectivity index (χ1n) is 5.47. The van der Waals surface area contributed by atoms with Gasteiger partial charge in [-0.2, -0.15) is 5.10 Å². The normalized spacial score (nSPS) is 15.8. The molecule has 1 heterocycles. The monoisotopic (exact) mass is 262 g/mol. The van der Waals surface area contributed by atoms with Crippen molar-refractivity contribution in [2.75, 3.05) is 26.0 Å². The van der Waals surface area contributed by atoms with Crippen molar-refractivity contribution in [3.05, 3.63) is 29.8 Å². The van der Waals surface area contributed by atoms with Crippen molar-refractivity contribution in [3.63, 3.8) is 0 Å². The summed E-state index contributed by atoms with van der Waals surface area (Å²) in [6, 6.07) is 7.56. The highest BCUT2D eigenvalue weighted by Gasteiger charge is 2.31. The number of carbonyl (C=O) groups excluding carboxylic acids is 1. The number of carbonyl (C=O) groups is 1. The van der Waals surface area contributed by atoms with E-state index in [0.717, 1.165) is 11.3 Å². The quantitative estimate of drug-likeness (QED) is 0.601. The number of para-hydroxylation sites is 1. The van der Waals surface area contributed by atoms with Crippen LogP contribution in [0.3, 0.4) is 0 Å². The molecule has 1 amide bonds. The third kappa shape index (κ3) is 1.95. The van der Waals surface area contributed by atoms with Crippen molar-refractivity contribution in [3.8, 4) is 0 Å². The average molecular weight is 262 g/mol. The van der Waals surface area contributed by atoms with Crippen LogP contribution in [0.4, 0.5) is 5.69 Å². The zero-order valence-corrected chi connectivity index (χ0v) is 11.3. The van der Waals surface area contributed by atoms with Gasteiger partial charge in [-0.1, -0.05) is 18.2 Å². The van der Waals surface area contributed by atoms with Crippen molar-refractivity contribution in [2.24, 2.45) is 5.10 Å². The zero-order chi connectivity index (χ0) is 13.3. The van der Waals surface area contributed by atoms with Gasteiger partial charge in [0.2, 0.25) is 0 Å². The molecular formula is C12H14N4OS. The minimum Gasteiger partial charge on any atom is -0.364 e. The van der Waals surface area contributed by atoms with Crippen LogP contribution in [0.25, 0.3) is 0 Å². The highest BCUT2D eigenvalue weighted by Crippen LogP contribution is 2.27. The highest BCUT2D eigenvalue weighted by atomic mass is 32.1. The lowest BCUT2D eigenvalue weighted by atomic mass is 10.1. The molecule has 94 valence electrons. The third-order valence-electron chi connectivity index (χ3n) is 2.79. The Labute approximate surface area is 111 Å². The van der Waals surface area contributed by atoms with Gasteiger partial charge in [-0.15, -0.1) is 0 Å². The van der Waals surface area contributed by atoms with Crippen molar-refractivity contribution < 1.29 is 4.79 Å². The summed E-state index contributed by atoms with van der Waals surface area (Å²) in [5.74, 6) is -0.123. The molecule has 0 spiro atoms. The summed E-state index contributed by atoms with van der Waals surface area (Å²) in [5, 5.41) is 9.03. The standard InChI is InChI=1S/C12H14N4OS/c1-13-12(18)16(3)14-10-8-6-4-5-7-9(8)15(2)11(10)17/h4-7H,1-3H3,(H,13,18)/b14-10-. The molecule has 0 saturated heterocycles. The molecule has 18 heavy (non-hydrogen) atoms. The van der Waals surface area contributed by atoms with Crippen molar-refractivity contribution >= 4 is 34.6 Å². The Morgan fingerprint density at radius 1 is 1.44 bits per heavy atom. The van der Waals surface area contributed by atoms with Crippen LogP contribution in [0, 0.1) is 0 Å². The maximum absolute atomic E-state index is 12.1. The maximum Gasteiger partial charge on any atom is 0.279 e. The van der Waals surface area contributed by atoms with E-state index < -0.39 is 0 Å². The Kier molecular flexibility index (Phi) is 3.29. The number of hydrogen-bond acceptors (Lipinski definition) is 3. The minimum atomic E-state index is -0.123. The van der Waals surface area contributed by atoms with Gasteiger partial charge in [0.05, 0.1) is 5.69 Å². The number of hydrogen-bond donors (Lipinski definition) is 1. The topological polar surface area (TPSA) is 47.9 Å². The summed E-state index contributed by atoms with van der Waals surface area (Å²) in [7, 11) is 5.16. The van der Waals surface area contributed by atoms with Crippen LogP contribution in [0.15, 0.2) is 29.4 Å². The van der Waals surface area contributed by atoms with E-state index in [0.29, 0.717) is 10.8 Å². The number of likely N-dealkylation sites (N-methyl/N-ethyl adjacent to an activating group) is 1. The fraction of sp³-hybridized carbons (Fsp3) is 0.250. The van der Waals surface area contributed by atoms with Gasteiger partial charge >= 0.3 is 0 Å². The fourth-order valence-electron chi connectivity index (χ4n) is 1.80. The van der Waals surface area contributed by atoms with Crippen molar-refractivity contribution in [2.45, 2.75) is 0 Å². The van der Waals surface area contributed by atoms with Gasteiger partial charge in [0.1, 0.15) is 0 Å². The van der Waals surface area contributed by atoms with Gasteiger partial charge in [-0.25, -0.2) is 5.01 Å². The Morgan fingerprint density at radius 2 is 2.11 bits per heavy atom. The van der Waals surface area contributed by atoms with E-state index >= 15 is 0 Å². The lowest BCUT2D eigenvalue weighted by molar-refractivity contribution is -0.112. The number of rotatable bonds is 1. The lowest BCUT2D eigenvalue weighted by Gasteiger charge is -2.14. The molecule has 1 aliphatic heterocycles. The second-order valence-corrected chi connectivity index (χ2v) is 4.30. The van der Waals surface area contributed by atoms with Gasteiger partial charge in [0, 0.05) is 26.7 Å². The number of amides is 1. The van der Waals surface area contributed by atoms with E-state index in [4.69, 9.17) is 12.2 Å². The highest BCUT2D eigenvalue weighted by molar-refractivity contribution is 7.80. The van der Waals surface area contributed by atoms with Crippen LogP contribution in [0.2, 0.25) is 0 Å². The molecule has 1 N–H and O–H groups in total. The molecule has 0 atom stereocenters. The number of fused-ring (bicyclic) bond motifs is 1. The Balaban J connectivity index is 2.43. The van der Waals surface area contributed by atoms with Crippen LogP contribution in [-0.2, 0) is 4.79 Å². The fourth-order valence-corrected chi connectivity index (χ4v) is 1.84. The summed E-state index contributed by atoms with van der Waals surface area (Å²) in [6.45, 7) is 0. The first kappa shape index (κ1) is 12.5. The van der Waals surface area contributed by atoms with Crippen LogP contribution in [-0.4, -0.2) is 42.9 Å². The molecule has 2 rings (SSSR count). The van der Waals surface area contributed by atoms with Gasteiger partial charge < -0.3 is 10.2 Å². The van der Waals surface area contributed by atoms with Gasteiger partial charge in [0.15, 0.2) is 10.8 Å². The molecule has 0 saturated carbocycles. The molecule has 0 unspecified atom stereocenters.